The molecule has 1 saturated heterocycles. The highest BCUT2D eigenvalue weighted by molar-refractivity contribution is 7.97. The van der Waals surface area contributed by atoms with E-state index in [1.807, 2.05) is 25.3 Å². The van der Waals surface area contributed by atoms with Crippen molar-refractivity contribution in [3.05, 3.63) is 35.9 Å². The molecule has 12 nitrogen and oxygen atoms in total. The van der Waals surface area contributed by atoms with Crippen LogP contribution in [0.5, 0.6) is 5.75 Å². The Hall–Kier alpha value is -3.42. The highest BCUT2D eigenvalue weighted by Crippen LogP contribution is 2.32. The first-order valence-corrected chi connectivity index (χ1v) is 12.8. The number of likely N-dealkylation sites (N-methyl/N-ethyl adjacent to an activating group) is 1. The summed E-state index contributed by atoms with van der Waals surface area (Å²) in [6, 6.07) is 3.31. The van der Waals surface area contributed by atoms with Crippen molar-refractivity contribution in [2.75, 3.05) is 52.4 Å². The highest BCUT2D eigenvalue weighted by Gasteiger charge is 2.25. The zero-order chi connectivity index (χ0) is 25.7. The third-order valence-corrected chi connectivity index (χ3v) is 6.12. The minimum Gasteiger partial charge on any atom is -0.456 e. The van der Waals surface area contributed by atoms with Gasteiger partial charge in [-0.3, -0.25) is 4.57 Å². The molecule has 0 radical (unpaired) electrons. The Kier molecular flexibility index (Phi) is 8.23. The van der Waals surface area contributed by atoms with Crippen LogP contribution in [0, 0.1) is 0 Å². The zero-order valence-corrected chi connectivity index (χ0v) is 21.2. The van der Waals surface area contributed by atoms with Gasteiger partial charge in [0.2, 0.25) is 0 Å². The molecule has 13 heteroatoms. The molecule has 1 atom stereocenters. The van der Waals surface area contributed by atoms with Gasteiger partial charge in [0.15, 0.2) is 22.7 Å². The first-order valence-electron chi connectivity index (χ1n) is 11.4. The molecule has 4 rings (SSSR count). The quantitative estimate of drug-likeness (QED) is 0.402. The summed E-state index contributed by atoms with van der Waals surface area (Å²) in [4.78, 5) is 40.3. The number of ether oxygens (including phenoxy) is 3. The number of rotatable bonds is 9. The fourth-order valence-corrected chi connectivity index (χ4v) is 4.26. The van der Waals surface area contributed by atoms with E-state index in [9.17, 15) is 9.59 Å². The third kappa shape index (κ3) is 5.86. The molecule has 0 spiro atoms. The molecule has 1 fully saturated rings. The lowest BCUT2D eigenvalue weighted by atomic mass is 10.1. The molecule has 3 aromatic rings. The van der Waals surface area contributed by atoms with E-state index in [0.717, 1.165) is 0 Å². The number of fused-ring (bicyclic) bond motifs is 1. The van der Waals surface area contributed by atoms with Gasteiger partial charge in [-0.05, 0) is 38.0 Å². The number of aromatic nitrogens is 4. The van der Waals surface area contributed by atoms with Gasteiger partial charge in [0, 0.05) is 25.3 Å². The van der Waals surface area contributed by atoms with Crippen molar-refractivity contribution in [3.63, 3.8) is 0 Å². The summed E-state index contributed by atoms with van der Waals surface area (Å²) >= 11 is 1.53. The van der Waals surface area contributed by atoms with Crippen LogP contribution in [0.3, 0.4) is 0 Å². The van der Waals surface area contributed by atoms with E-state index in [1.165, 1.54) is 24.4 Å². The number of imidazole rings is 1. The summed E-state index contributed by atoms with van der Waals surface area (Å²) in [5.74, 6) is 0.474. The van der Waals surface area contributed by atoms with E-state index in [-0.39, 0.29) is 17.7 Å². The van der Waals surface area contributed by atoms with Crippen molar-refractivity contribution in [3.8, 4) is 11.4 Å². The molecule has 1 aliphatic rings. The Bertz CT molecular complexity index is 1240. The van der Waals surface area contributed by atoms with Gasteiger partial charge < -0.3 is 30.2 Å². The van der Waals surface area contributed by atoms with Crippen LogP contribution in [0.1, 0.15) is 22.3 Å². The Morgan fingerprint density at radius 2 is 2.14 bits per heavy atom. The molecule has 0 unspecified atom stereocenters. The molecule has 2 aromatic heterocycles. The average Bonchev–Trinajstić information content (AvgIpc) is 3.50. The Morgan fingerprint density at radius 1 is 1.31 bits per heavy atom. The lowest BCUT2D eigenvalue weighted by Gasteiger charge is -2.18. The van der Waals surface area contributed by atoms with Crippen molar-refractivity contribution >= 4 is 40.8 Å². The number of carbonyl (C=O) groups excluding carboxylic acids is 2. The van der Waals surface area contributed by atoms with Gasteiger partial charge in [-0.2, -0.15) is 11.8 Å². The lowest BCUT2D eigenvalue weighted by Crippen LogP contribution is -2.33. The first kappa shape index (κ1) is 25.7. The maximum atomic E-state index is 13.2. The summed E-state index contributed by atoms with van der Waals surface area (Å²) in [6.45, 7) is 1.98. The minimum absolute atomic E-state index is 0.211. The molecular formula is C23H29N7O5S. The molecule has 1 aliphatic heterocycles. The standard InChI is InChI=1S/C23H29N7O5S/c1-29(2)6-5-25-23(32)35-18-8-14(11-36-3)16(22(31)34-15-4-7-33-10-15)9-17(18)30-13-28-19-20(24)26-12-27-21(19)30/h8-9,12-13,15H,4-7,10-11H2,1-3H3,(H,25,32)(H2,24,26,27)/t15-/m0/s1. The summed E-state index contributed by atoms with van der Waals surface area (Å²) in [5.41, 5.74) is 8.17. The lowest BCUT2D eigenvalue weighted by molar-refractivity contribution is 0.0269. The zero-order valence-electron chi connectivity index (χ0n) is 20.4. The van der Waals surface area contributed by atoms with Gasteiger partial charge in [-0.25, -0.2) is 24.5 Å². The third-order valence-electron chi connectivity index (χ3n) is 5.52. The molecule has 0 saturated carbocycles. The van der Waals surface area contributed by atoms with Crippen LogP contribution in [-0.2, 0) is 15.2 Å². The number of hydrogen-bond acceptors (Lipinski definition) is 11. The summed E-state index contributed by atoms with van der Waals surface area (Å²) in [7, 11) is 3.82. The number of nitrogens with zero attached hydrogens (tertiary/aromatic N) is 5. The number of thioether (sulfide) groups is 1. The molecule has 0 aliphatic carbocycles. The van der Waals surface area contributed by atoms with E-state index in [4.69, 9.17) is 19.9 Å². The molecule has 192 valence electrons. The largest absolute Gasteiger partial charge is 0.456 e. The van der Waals surface area contributed by atoms with Gasteiger partial charge in [-0.15, -0.1) is 0 Å². The van der Waals surface area contributed by atoms with Gasteiger partial charge in [0.05, 0.1) is 24.5 Å². The maximum absolute atomic E-state index is 13.2. The predicted octanol–water partition coefficient (Wildman–Crippen LogP) is 1.86. The number of nitrogen functional groups attached to an aromatic ring is 1. The van der Waals surface area contributed by atoms with Crippen LogP contribution in [0.2, 0.25) is 0 Å². The number of anilines is 1. The number of nitrogens with one attached hydrogen (secondary N) is 1. The Morgan fingerprint density at radius 3 is 2.86 bits per heavy atom. The Labute approximate surface area is 212 Å². The summed E-state index contributed by atoms with van der Waals surface area (Å²) in [6.07, 6.45) is 4.46. The van der Waals surface area contributed by atoms with Gasteiger partial charge in [0.1, 0.15) is 18.8 Å². The average molecular weight is 516 g/mol. The molecule has 3 N–H and O–H groups in total. The number of esters is 1. The number of nitrogens with two attached hydrogens (primary N) is 1. The minimum atomic E-state index is -0.620. The smallest absolute Gasteiger partial charge is 0.412 e. The molecule has 0 bridgehead atoms. The summed E-state index contributed by atoms with van der Waals surface area (Å²) in [5, 5.41) is 2.73. The number of hydrogen-bond donors (Lipinski definition) is 2. The van der Waals surface area contributed by atoms with Gasteiger partial charge >= 0.3 is 12.1 Å². The topological polar surface area (TPSA) is 147 Å². The first-order chi connectivity index (χ1) is 17.4. The van der Waals surface area contributed by atoms with Crippen LogP contribution < -0.4 is 15.8 Å². The second-order valence-electron chi connectivity index (χ2n) is 8.47. The van der Waals surface area contributed by atoms with Crippen molar-refractivity contribution in [2.24, 2.45) is 0 Å². The van der Waals surface area contributed by atoms with Crippen LogP contribution in [0.15, 0.2) is 24.8 Å². The van der Waals surface area contributed by atoms with Gasteiger partial charge in [0.25, 0.3) is 0 Å². The van der Waals surface area contributed by atoms with E-state index >= 15 is 0 Å². The molecule has 1 aromatic carbocycles. The highest BCUT2D eigenvalue weighted by atomic mass is 32.2. The van der Waals surface area contributed by atoms with E-state index in [2.05, 4.69) is 20.3 Å². The molecule has 1 amide bonds. The Balaban J connectivity index is 1.76. The monoisotopic (exact) mass is 515 g/mol. The predicted molar refractivity (Wildman–Crippen MR) is 136 cm³/mol. The van der Waals surface area contributed by atoms with E-state index < -0.39 is 12.1 Å². The van der Waals surface area contributed by atoms with Crippen molar-refractivity contribution in [2.45, 2.75) is 18.3 Å². The van der Waals surface area contributed by atoms with Gasteiger partial charge in [-0.1, -0.05) is 0 Å². The van der Waals surface area contributed by atoms with Crippen molar-refractivity contribution in [1.29, 1.82) is 0 Å². The molecule has 3 heterocycles. The van der Waals surface area contributed by atoms with E-state index in [0.29, 0.717) is 66.5 Å². The van der Waals surface area contributed by atoms with Crippen LogP contribution in [0.25, 0.3) is 16.9 Å². The van der Waals surface area contributed by atoms with Crippen LogP contribution in [-0.4, -0.2) is 89.2 Å². The number of carbonyl (C=O) groups is 2. The fourth-order valence-electron chi connectivity index (χ4n) is 3.71. The van der Waals surface area contributed by atoms with Crippen LogP contribution in [0.4, 0.5) is 10.6 Å². The SMILES string of the molecule is CSCc1cc(OC(=O)NCCN(C)C)c(-n2cnc3c(N)ncnc32)cc1C(=O)O[C@H]1CCOC1. The number of amides is 1. The molecular weight excluding hydrogens is 486 g/mol. The second kappa shape index (κ2) is 11.5. The van der Waals surface area contributed by atoms with Crippen LogP contribution >= 0.6 is 11.8 Å². The normalized spacial score (nSPS) is 15.4. The number of benzene rings is 1. The fraction of sp³-hybridized carbons (Fsp3) is 0.435. The van der Waals surface area contributed by atoms with E-state index in [1.54, 1.807) is 16.7 Å². The molecule has 36 heavy (non-hydrogen) atoms. The maximum Gasteiger partial charge on any atom is 0.412 e. The van der Waals surface area contributed by atoms with Crippen molar-refractivity contribution in [1.82, 2.24) is 29.7 Å². The van der Waals surface area contributed by atoms with Crippen molar-refractivity contribution < 1.29 is 23.8 Å². The summed E-state index contributed by atoms with van der Waals surface area (Å²) < 4.78 is 18.3. The second-order valence-corrected chi connectivity index (χ2v) is 9.33.